The Bertz CT molecular complexity index is 456. The van der Waals surface area contributed by atoms with E-state index in [1.165, 1.54) is 12.1 Å². The highest BCUT2D eigenvalue weighted by atomic mass is 19.2. The molecule has 0 heterocycles. The summed E-state index contributed by atoms with van der Waals surface area (Å²) >= 11 is 0. The third-order valence-electron chi connectivity index (χ3n) is 3.93. The highest BCUT2D eigenvalue weighted by Gasteiger charge is 2.32. The van der Waals surface area contributed by atoms with E-state index in [1.807, 2.05) is 0 Å². The maximum absolute atomic E-state index is 13.6. The molecule has 0 aliphatic heterocycles. The fourth-order valence-corrected chi connectivity index (χ4v) is 2.58. The second-order valence-electron chi connectivity index (χ2n) is 5.90. The molecule has 0 amide bonds. The van der Waals surface area contributed by atoms with Gasteiger partial charge in [0.25, 0.3) is 0 Å². The molecule has 0 bridgehead atoms. The van der Waals surface area contributed by atoms with Gasteiger partial charge in [0.15, 0.2) is 17.4 Å². The van der Waals surface area contributed by atoms with Gasteiger partial charge in [-0.1, -0.05) is 19.9 Å². The van der Waals surface area contributed by atoms with Gasteiger partial charge in [0.05, 0.1) is 5.56 Å². The van der Waals surface area contributed by atoms with Gasteiger partial charge >= 0.3 is 0 Å². The average molecular weight is 252 g/mol. The number of hydrogen-bond acceptors (Lipinski definition) is 1. The molecule has 1 aliphatic rings. The van der Waals surface area contributed by atoms with Gasteiger partial charge in [-0.25, -0.2) is 8.78 Å². The van der Waals surface area contributed by atoms with Gasteiger partial charge in [0, 0.05) is 5.92 Å². The molecule has 3 heteroatoms. The molecule has 1 saturated carbocycles. The molecule has 0 atom stereocenters. The normalized spacial score (nSPS) is 19.8. The Hall–Kier alpha value is -1.25. The second-order valence-corrected chi connectivity index (χ2v) is 5.90. The van der Waals surface area contributed by atoms with E-state index in [2.05, 4.69) is 13.8 Å². The molecule has 0 radical (unpaired) electrons. The lowest BCUT2D eigenvalue weighted by Crippen LogP contribution is -2.26. The average Bonchev–Trinajstić information content (AvgIpc) is 2.32. The monoisotopic (exact) mass is 252 g/mol. The summed E-state index contributed by atoms with van der Waals surface area (Å²) in [6, 6.07) is 3.80. The maximum Gasteiger partial charge on any atom is 0.169 e. The number of Topliss-reactive ketones (excluding diaryl/α,β-unsaturated/α-hetero) is 1. The molecule has 2 rings (SSSR count). The van der Waals surface area contributed by atoms with Gasteiger partial charge < -0.3 is 0 Å². The molecule has 1 aromatic rings. The highest BCUT2D eigenvalue weighted by molar-refractivity contribution is 5.98. The first-order valence-corrected chi connectivity index (χ1v) is 6.39. The van der Waals surface area contributed by atoms with E-state index >= 15 is 0 Å². The number of ketones is 1. The van der Waals surface area contributed by atoms with E-state index in [0.717, 1.165) is 31.7 Å². The molecule has 1 aromatic carbocycles. The van der Waals surface area contributed by atoms with E-state index < -0.39 is 11.6 Å². The summed E-state index contributed by atoms with van der Waals surface area (Å²) in [5.41, 5.74) is 0.164. The van der Waals surface area contributed by atoms with Gasteiger partial charge in [0.1, 0.15) is 0 Å². The first kappa shape index (κ1) is 13.2. The summed E-state index contributed by atoms with van der Waals surface area (Å²) in [6.07, 6.45) is 3.45. The number of halogens is 2. The van der Waals surface area contributed by atoms with Crippen LogP contribution in [0, 0.1) is 23.0 Å². The summed E-state index contributed by atoms with van der Waals surface area (Å²) < 4.78 is 26.7. The quantitative estimate of drug-likeness (QED) is 0.714. The van der Waals surface area contributed by atoms with Crippen molar-refractivity contribution >= 4 is 5.78 Å². The lowest BCUT2D eigenvalue weighted by atomic mass is 9.71. The zero-order valence-corrected chi connectivity index (χ0v) is 10.8. The molecular weight excluding hydrogens is 234 g/mol. The third-order valence-corrected chi connectivity index (χ3v) is 3.93. The summed E-state index contributed by atoms with van der Waals surface area (Å²) in [4.78, 5) is 12.2. The Morgan fingerprint density at radius 3 is 2.44 bits per heavy atom. The minimum absolute atomic E-state index is 0.0975. The van der Waals surface area contributed by atoms with E-state index in [-0.39, 0.29) is 22.7 Å². The molecule has 1 nitrogen and oxygen atoms in total. The predicted octanol–water partition coefficient (Wildman–Crippen LogP) is 4.36. The van der Waals surface area contributed by atoms with Crippen molar-refractivity contribution in [1.29, 1.82) is 0 Å². The smallest absolute Gasteiger partial charge is 0.169 e. The fourth-order valence-electron chi connectivity index (χ4n) is 2.58. The molecule has 1 fully saturated rings. The summed E-state index contributed by atoms with van der Waals surface area (Å²) in [6.45, 7) is 4.35. The number of carbonyl (C=O) groups is 1. The Kier molecular flexibility index (Phi) is 3.51. The molecule has 0 N–H and O–H groups in total. The van der Waals surface area contributed by atoms with Crippen molar-refractivity contribution in [3.63, 3.8) is 0 Å². The second kappa shape index (κ2) is 4.79. The zero-order chi connectivity index (χ0) is 13.3. The molecule has 1 aliphatic carbocycles. The largest absolute Gasteiger partial charge is 0.294 e. The number of benzene rings is 1. The van der Waals surface area contributed by atoms with Gasteiger partial charge in [-0.15, -0.1) is 0 Å². The van der Waals surface area contributed by atoms with Crippen LogP contribution in [0.15, 0.2) is 18.2 Å². The van der Waals surface area contributed by atoms with E-state index in [1.54, 1.807) is 0 Å². The van der Waals surface area contributed by atoms with Gasteiger partial charge in [-0.05, 0) is 43.2 Å². The SMILES string of the molecule is CC1(C)CCC(C(=O)c2cccc(F)c2F)CC1. The lowest BCUT2D eigenvalue weighted by molar-refractivity contribution is 0.0833. The lowest BCUT2D eigenvalue weighted by Gasteiger charge is -2.33. The van der Waals surface area contributed by atoms with Crippen molar-refractivity contribution in [2.24, 2.45) is 11.3 Å². The first-order chi connectivity index (χ1) is 8.41. The van der Waals surface area contributed by atoms with E-state index in [0.29, 0.717) is 0 Å². The van der Waals surface area contributed by atoms with Crippen molar-refractivity contribution in [2.75, 3.05) is 0 Å². The standard InChI is InChI=1S/C15H18F2O/c1-15(2)8-6-10(7-9-15)14(18)11-4-3-5-12(16)13(11)17/h3-5,10H,6-9H2,1-2H3. The van der Waals surface area contributed by atoms with Crippen LogP contribution >= 0.6 is 0 Å². The molecule has 0 aromatic heterocycles. The zero-order valence-electron chi connectivity index (χ0n) is 10.8. The molecular formula is C15H18F2O. The van der Waals surface area contributed by atoms with Crippen LogP contribution in [0.3, 0.4) is 0 Å². The topological polar surface area (TPSA) is 17.1 Å². The third kappa shape index (κ3) is 2.60. The van der Waals surface area contributed by atoms with Crippen molar-refractivity contribution in [3.8, 4) is 0 Å². The van der Waals surface area contributed by atoms with E-state index in [9.17, 15) is 13.6 Å². The maximum atomic E-state index is 13.6. The molecule has 0 saturated heterocycles. The Morgan fingerprint density at radius 1 is 1.22 bits per heavy atom. The Balaban J connectivity index is 2.15. The summed E-state index contributed by atoms with van der Waals surface area (Å²) in [5, 5.41) is 0. The van der Waals surface area contributed by atoms with Crippen LogP contribution in [0.4, 0.5) is 8.78 Å². The number of hydrogen-bond donors (Lipinski definition) is 0. The van der Waals surface area contributed by atoms with Crippen LogP contribution in [-0.2, 0) is 0 Å². The number of carbonyl (C=O) groups excluding carboxylic acids is 1. The van der Waals surface area contributed by atoms with Crippen LogP contribution in [-0.4, -0.2) is 5.78 Å². The van der Waals surface area contributed by atoms with Crippen molar-refractivity contribution < 1.29 is 13.6 Å². The predicted molar refractivity (Wildman–Crippen MR) is 66.4 cm³/mol. The summed E-state index contributed by atoms with van der Waals surface area (Å²) in [5.74, 6) is -2.36. The molecule has 0 unspecified atom stereocenters. The van der Waals surface area contributed by atoms with Crippen LogP contribution in [0.25, 0.3) is 0 Å². The molecule has 0 spiro atoms. The van der Waals surface area contributed by atoms with Gasteiger partial charge in [-0.3, -0.25) is 4.79 Å². The molecule has 18 heavy (non-hydrogen) atoms. The van der Waals surface area contributed by atoms with Crippen molar-refractivity contribution in [3.05, 3.63) is 35.4 Å². The van der Waals surface area contributed by atoms with Gasteiger partial charge in [-0.2, -0.15) is 0 Å². The minimum atomic E-state index is -1.01. The number of rotatable bonds is 2. The Labute approximate surface area is 106 Å². The van der Waals surface area contributed by atoms with Crippen LogP contribution < -0.4 is 0 Å². The van der Waals surface area contributed by atoms with Crippen molar-refractivity contribution in [2.45, 2.75) is 39.5 Å². The molecule has 98 valence electrons. The summed E-state index contributed by atoms with van der Waals surface area (Å²) in [7, 11) is 0. The van der Waals surface area contributed by atoms with E-state index in [4.69, 9.17) is 0 Å². The van der Waals surface area contributed by atoms with Crippen LogP contribution in [0.5, 0.6) is 0 Å². The minimum Gasteiger partial charge on any atom is -0.294 e. The Morgan fingerprint density at radius 2 is 1.83 bits per heavy atom. The van der Waals surface area contributed by atoms with Crippen LogP contribution in [0.1, 0.15) is 49.9 Å². The van der Waals surface area contributed by atoms with Crippen molar-refractivity contribution in [1.82, 2.24) is 0 Å². The fraction of sp³-hybridized carbons (Fsp3) is 0.533. The van der Waals surface area contributed by atoms with Crippen LogP contribution in [0.2, 0.25) is 0 Å². The highest BCUT2D eigenvalue weighted by Crippen LogP contribution is 2.39. The van der Waals surface area contributed by atoms with Gasteiger partial charge in [0.2, 0.25) is 0 Å². The first-order valence-electron chi connectivity index (χ1n) is 6.39.